The van der Waals surface area contributed by atoms with Crippen molar-refractivity contribution in [3.05, 3.63) is 12.2 Å². The zero-order valence-corrected chi connectivity index (χ0v) is 8.36. The highest BCUT2D eigenvalue weighted by Crippen LogP contribution is 1.86. The molecule has 1 N–H and O–H groups in total. The highest BCUT2D eigenvalue weighted by molar-refractivity contribution is 5.76. The molecule has 0 radical (unpaired) electrons. The first-order valence-corrected chi connectivity index (χ1v) is 4.41. The normalized spacial score (nSPS) is 10.1. The molecule has 0 aromatic carbocycles. The summed E-state index contributed by atoms with van der Waals surface area (Å²) in [6, 6.07) is 0. The molecule has 0 saturated heterocycles. The molecule has 1 aromatic heterocycles. The van der Waals surface area contributed by atoms with Gasteiger partial charge in [-0.3, -0.25) is 9.48 Å². The molecule has 0 spiro atoms. The average molecular weight is 198 g/mol. The van der Waals surface area contributed by atoms with Gasteiger partial charge in [-0.15, -0.1) is 0 Å². The Bertz CT molecular complexity index is 297. The SMILES string of the molecule is CCOCC(=O)NCc1ncn(C)n1. The first-order chi connectivity index (χ1) is 6.72. The molecule has 0 aliphatic heterocycles. The summed E-state index contributed by atoms with van der Waals surface area (Å²) in [5.74, 6) is 0.441. The third kappa shape index (κ3) is 3.53. The van der Waals surface area contributed by atoms with Crippen molar-refractivity contribution in [2.75, 3.05) is 13.2 Å². The molecule has 1 heterocycles. The Hall–Kier alpha value is -1.43. The number of amides is 1. The third-order valence-electron chi connectivity index (χ3n) is 1.53. The number of nitrogens with zero attached hydrogens (tertiary/aromatic N) is 3. The number of ether oxygens (including phenoxy) is 1. The zero-order valence-electron chi connectivity index (χ0n) is 8.36. The van der Waals surface area contributed by atoms with E-state index in [0.29, 0.717) is 19.0 Å². The van der Waals surface area contributed by atoms with E-state index in [2.05, 4.69) is 15.4 Å². The molecule has 0 unspecified atom stereocenters. The monoisotopic (exact) mass is 198 g/mol. The molecule has 1 amide bonds. The van der Waals surface area contributed by atoms with Crippen molar-refractivity contribution >= 4 is 5.91 Å². The number of carbonyl (C=O) groups is 1. The molecule has 0 atom stereocenters. The second-order valence-corrected chi connectivity index (χ2v) is 2.75. The first-order valence-electron chi connectivity index (χ1n) is 4.41. The summed E-state index contributed by atoms with van der Waals surface area (Å²) in [5.41, 5.74) is 0. The lowest BCUT2D eigenvalue weighted by atomic mass is 10.5. The number of aryl methyl sites for hydroxylation is 1. The van der Waals surface area contributed by atoms with Gasteiger partial charge in [0.2, 0.25) is 5.91 Å². The van der Waals surface area contributed by atoms with Crippen molar-refractivity contribution in [3.8, 4) is 0 Å². The molecule has 6 heteroatoms. The van der Waals surface area contributed by atoms with E-state index in [9.17, 15) is 4.79 Å². The van der Waals surface area contributed by atoms with E-state index >= 15 is 0 Å². The van der Waals surface area contributed by atoms with Crippen LogP contribution in [0.5, 0.6) is 0 Å². The number of nitrogens with one attached hydrogen (secondary N) is 1. The van der Waals surface area contributed by atoms with Crippen LogP contribution in [0, 0.1) is 0 Å². The van der Waals surface area contributed by atoms with Crippen LogP contribution in [-0.4, -0.2) is 33.9 Å². The minimum Gasteiger partial charge on any atom is -0.372 e. The summed E-state index contributed by atoms with van der Waals surface area (Å²) in [5, 5.41) is 6.66. The van der Waals surface area contributed by atoms with Crippen molar-refractivity contribution in [2.24, 2.45) is 7.05 Å². The van der Waals surface area contributed by atoms with Gasteiger partial charge in [-0.25, -0.2) is 4.98 Å². The Morgan fingerprint density at radius 1 is 1.71 bits per heavy atom. The average Bonchev–Trinajstić information content (AvgIpc) is 2.58. The van der Waals surface area contributed by atoms with Gasteiger partial charge >= 0.3 is 0 Å². The Balaban J connectivity index is 2.23. The fourth-order valence-electron chi connectivity index (χ4n) is 0.888. The van der Waals surface area contributed by atoms with Crippen LogP contribution in [0.15, 0.2) is 6.33 Å². The van der Waals surface area contributed by atoms with Gasteiger partial charge in [0.25, 0.3) is 0 Å². The van der Waals surface area contributed by atoms with E-state index in [4.69, 9.17) is 4.74 Å². The third-order valence-corrected chi connectivity index (χ3v) is 1.53. The fourth-order valence-corrected chi connectivity index (χ4v) is 0.888. The summed E-state index contributed by atoms with van der Waals surface area (Å²) in [7, 11) is 1.78. The lowest BCUT2D eigenvalue weighted by Crippen LogP contribution is -2.27. The van der Waals surface area contributed by atoms with Crippen LogP contribution in [0.25, 0.3) is 0 Å². The van der Waals surface area contributed by atoms with Crippen molar-refractivity contribution in [1.29, 1.82) is 0 Å². The van der Waals surface area contributed by atoms with Crippen LogP contribution in [0.1, 0.15) is 12.7 Å². The maximum Gasteiger partial charge on any atom is 0.246 e. The predicted molar refractivity (Wildman–Crippen MR) is 49.3 cm³/mol. The molecule has 78 valence electrons. The lowest BCUT2D eigenvalue weighted by Gasteiger charge is -2.01. The first kappa shape index (κ1) is 10.6. The van der Waals surface area contributed by atoms with Crippen molar-refractivity contribution in [1.82, 2.24) is 20.1 Å². The van der Waals surface area contributed by atoms with Crippen LogP contribution >= 0.6 is 0 Å². The van der Waals surface area contributed by atoms with Crippen molar-refractivity contribution in [2.45, 2.75) is 13.5 Å². The second kappa shape index (κ2) is 5.33. The summed E-state index contributed by atoms with van der Waals surface area (Å²) in [4.78, 5) is 15.0. The highest BCUT2D eigenvalue weighted by atomic mass is 16.5. The van der Waals surface area contributed by atoms with Crippen LogP contribution < -0.4 is 5.32 Å². The van der Waals surface area contributed by atoms with E-state index in [1.54, 1.807) is 18.1 Å². The van der Waals surface area contributed by atoms with Crippen molar-refractivity contribution < 1.29 is 9.53 Å². The number of rotatable bonds is 5. The van der Waals surface area contributed by atoms with E-state index < -0.39 is 0 Å². The molecule has 6 nitrogen and oxygen atoms in total. The van der Waals surface area contributed by atoms with E-state index in [1.807, 2.05) is 6.92 Å². The molecule has 1 aromatic rings. The van der Waals surface area contributed by atoms with E-state index in [-0.39, 0.29) is 12.5 Å². The van der Waals surface area contributed by atoms with Gasteiger partial charge in [-0.1, -0.05) is 0 Å². The number of hydrogen-bond donors (Lipinski definition) is 1. The maximum atomic E-state index is 11.1. The zero-order chi connectivity index (χ0) is 10.4. The molecule has 0 aliphatic carbocycles. The Morgan fingerprint density at radius 2 is 2.50 bits per heavy atom. The predicted octanol–water partition coefficient (Wildman–Crippen LogP) is -0.532. The van der Waals surface area contributed by atoms with Gasteiger partial charge in [0.1, 0.15) is 12.9 Å². The summed E-state index contributed by atoms with van der Waals surface area (Å²) in [6.07, 6.45) is 1.59. The topological polar surface area (TPSA) is 69.0 Å². The Kier molecular flexibility index (Phi) is 4.06. The number of carbonyl (C=O) groups excluding carboxylic acids is 1. The van der Waals surface area contributed by atoms with Crippen LogP contribution in [0.3, 0.4) is 0 Å². The molecular formula is C8H14N4O2. The van der Waals surface area contributed by atoms with Crippen molar-refractivity contribution in [3.63, 3.8) is 0 Å². The summed E-state index contributed by atoms with van der Waals surface area (Å²) < 4.78 is 6.52. The molecule has 0 bridgehead atoms. The minimum absolute atomic E-state index is 0.0866. The number of hydrogen-bond acceptors (Lipinski definition) is 4. The lowest BCUT2D eigenvalue weighted by molar-refractivity contribution is -0.125. The number of aromatic nitrogens is 3. The molecule has 14 heavy (non-hydrogen) atoms. The van der Waals surface area contributed by atoms with Crippen LogP contribution in [0.4, 0.5) is 0 Å². The quantitative estimate of drug-likeness (QED) is 0.690. The standard InChI is InChI=1S/C8H14N4O2/c1-3-14-5-8(13)9-4-7-10-6-12(2)11-7/h6H,3-5H2,1-2H3,(H,9,13). The highest BCUT2D eigenvalue weighted by Gasteiger charge is 2.02. The molecule has 0 saturated carbocycles. The van der Waals surface area contributed by atoms with Gasteiger partial charge in [0, 0.05) is 13.7 Å². The van der Waals surface area contributed by atoms with E-state index in [1.165, 1.54) is 0 Å². The Labute approximate surface area is 82.3 Å². The fraction of sp³-hybridized carbons (Fsp3) is 0.625. The largest absolute Gasteiger partial charge is 0.372 e. The summed E-state index contributed by atoms with van der Waals surface area (Å²) in [6.45, 7) is 2.80. The molecular weight excluding hydrogens is 184 g/mol. The maximum absolute atomic E-state index is 11.1. The molecule has 0 fully saturated rings. The molecule has 1 rings (SSSR count). The van der Waals surface area contributed by atoms with E-state index in [0.717, 1.165) is 0 Å². The van der Waals surface area contributed by atoms with Gasteiger partial charge in [0.15, 0.2) is 5.82 Å². The van der Waals surface area contributed by atoms with Gasteiger partial charge < -0.3 is 10.1 Å². The Morgan fingerprint density at radius 3 is 3.07 bits per heavy atom. The van der Waals surface area contributed by atoms with Gasteiger partial charge in [0.05, 0.1) is 6.54 Å². The summed E-state index contributed by atoms with van der Waals surface area (Å²) >= 11 is 0. The van der Waals surface area contributed by atoms with Crippen LogP contribution in [-0.2, 0) is 23.1 Å². The smallest absolute Gasteiger partial charge is 0.246 e. The second-order valence-electron chi connectivity index (χ2n) is 2.75. The van der Waals surface area contributed by atoms with Gasteiger partial charge in [-0.2, -0.15) is 5.10 Å². The minimum atomic E-state index is -0.153. The van der Waals surface area contributed by atoms with Gasteiger partial charge in [-0.05, 0) is 6.92 Å². The van der Waals surface area contributed by atoms with Crippen LogP contribution in [0.2, 0.25) is 0 Å². The molecule has 0 aliphatic rings.